The van der Waals surface area contributed by atoms with Crippen molar-refractivity contribution in [2.45, 2.75) is 33.4 Å². The van der Waals surface area contributed by atoms with Crippen LogP contribution in [0.5, 0.6) is 0 Å². The molecule has 0 aliphatic rings. The van der Waals surface area contributed by atoms with E-state index in [0.29, 0.717) is 18.2 Å². The molecule has 1 aromatic rings. The molecule has 2 nitrogen and oxygen atoms in total. The third kappa shape index (κ3) is 4.59. The Hall–Kier alpha value is -1.30. The molecular formula is C15H21F3N2S. The molecule has 0 aliphatic heterocycles. The Balaban J connectivity index is 3.23. The molecule has 1 aromatic carbocycles. The highest BCUT2D eigenvalue weighted by Crippen LogP contribution is 2.35. The molecule has 1 unspecified atom stereocenters. The minimum absolute atomic E-state index is 0.124. The van der Waals surface area contributed by atoms with Gasteiger partial charge in [-0.1, -0.05) is 32.5 Å². The van der Waals surface area contributed by atoms with E-state index in [9.17, 15) is 13.2 Å². The van der Waals surface area contributed by atoms with Gasteiger partial charge < -0.3 is 10.6 Å². The normalized spacial score (nSPS) is 13.0. The van der Waals surface area contributed by atoms with Gasteiger partial charge in [-0.3, -0.25) is 0 Å². The molecule has 0 aromatic heterocycles. The van der Waals surface area contributed by atoms with E-state index in [-0.39, 0.29) is 10.6 Å². The molecule has 0 saturated carbocycles. The number of rotatable bonds is 6. The average Bonchev–Trinajstić information content (AvgIpc) is 2.42. The second kappa shape index (κ2) is 7.11. The maximum Gasteiger partial charge on any atom is 0.417 e. The van der Waals surface area contributed by atoms with Crippen LogP contribution in [-0.2, 0) is 6.18 Å². The van der Waals surface area contributed by atoms with E-state index in [4.69, 9.17) is 18.0 Å². The van der Waals surface area contributed by atoms with Crippen LogP contribution in [0.15, 0.2) is 18.2 Å². The van der Waals surface area contributed by atoms with Crippen molar-refractivity contribution in [2.75, 3.05) is 18.0 Å². The number of anilines is 1. The fourth-order valence-electron chi connectivity index (χ4n) is 2.10. The first-order valence-corrected chi connectivity index (χ1v) is 7.37. The monoisotopic (exact) mass is 318 g/mol. The zero-order chi connectivity index (χ0) is 16.2. The van der Waals surface area contributed by atoms with E-state index in [1.807, 2.05) is 11.8 Å². The maximum atomic E-state index is 13.2. The summed E-state index contributed by atoms with van der Waals surface area (Å²) in [5.74, 6) is 0.412. The Kier molecular flexibility index (Phi) is 6.01. The first-order valence-electron chi connectivity index (χ1n) is 6.96. The summed E-state index contributed by atoms with van der Waals surface area (Å²) < 4.78 is 39.5. The number of hydrogen-bond acceptors (Lipinski definition) is 2. The van der Waals surface area contributed by atoms with Crippen molar-refractivity contribution in [3.63, 3.8) is 0 Å². The van der Waals surface area contributed by atoms with Gasteiger partial charge in [-0.05, 0) is 31.0 Å². The summed E-state index contributed by atoms with van der Waals surface area (Å²) in [5.41, 5.74) is 5.04. The van der Waals surface area contributed by atoms with Crippen LogP contribution >= 0.6 is 12.2 Å². The number of nitrogens with zero attached hydrogens (tertiary/aromatic N) is 1. The van der Waals surface area contributed by atoms with Gasteiger partial charge in [-0.15, -0.1) is 0 Å². The van der Waals surface area contributed by atoms with E-state index in [1.54, 1.807) is 6.07 Å². The van der Waals surface area contributed by atoms with Crippen molar-refractivity contribution >= 4 is 22.9 Å². The third-order valence-corrected chi connectivity index (χ3v) is 3.77. The molecule has 0 radical (unpaired) electrons. The highest BCUT2D eigenvalue weighted by atomic mass is 32.1. The molecule has 0 heterocycles. The summed E-state index contributed by atoms with van der Waals surface area (Å²) in [6, 6.07) is 4.15. The van der Waals surface area contributed by atoms with Crippen LogP contribution in [0.3, 0.4) is 0 Å². The van der Waals surface area contributed by atoms with Gasteiger partial charge in [0.25, 0.3) is 0 Å². The van der Waals surface area contributed by atoms with Crippen LogP contribution < -0.4 is 10.6 Å². The SMILES string of the molecule is CCC(C)CN(CC)c1ccc(C(N)=S)c(C(F)(F)F)c1. The van der Waals surface area contributed by atoms with Crippen LogP contribution in [0.1, 0.15) is 38.3 Å². The standard InChI is InChI=1S/C15H21F3N2S/c1-4-10(3)9-20(5-2)11-6-7-12(14(19)21)13(8-11)15(16,17)18/h6-8,10H,4-5,9H2,1-3H3,(H2,19,21). The number of benzene rings is 1. The molecule has 0 aliphatic carbocycles. The lowest BCUT2D eigenvalue weighted by molar-refractivity contribution is -0.137. The van der Waals surface area contributed by atoms with E-state index in [2.05, 4.69) is 13.8 Å². The van der Waals surface area contributed by atoms with Gasteiger partial charge in [-0.2, -0.15) is 13.2 Å². The third-order valence-electron chi connectivity index (χ3n) is 3.55. The van der Waals surface area contributed by atoms with E-state index >= 15 is 0 Å². The van der Waals surface area contributed by atoms with Gasteiger partial charge in [0, 0.05) is 24.3 Å². The van der Waals surface area contributed by atoms with E-state index in [0.717, 1.165) is 19.0 Å². The molecule has 0 fully saturated rings. The van der Waals surface area contributed by atoms with Gasteiger partial charge in [0.1, 0.15) is 4.99 Å². The predicted octanol–water partition coefficient (Wildman–Crippen LogP) is 4.21. The zero-order valence-corrected chi connectivity index (χ0v) is 13.3. The van der Waals surface area contributed by atoms with Gasteiger partial charge in [0.05, 0.1) is 5.56 Å². The minimum atomic E-state index is -4.47. The highest BCUT2D eigenvalue weighted by molar-refractivity contribution is 7.80. The van der Waals surface area contributed by atoms with Crippen molar-refractivity contribution in [2.24, 2.45) is 11.7 Å². The smallest absolute Gasteiger partial charge is 0.389 e. The summed E-state index contributed by atoms with van der Waals surface area (Å²) in [6.07, 6.45) is -3.49. The second-order valence-electron chi connectivity index (χ2n) is 5.14. The summed E-state index contributed by atoms with van der Waals surface area (Å²) in [7, 11) is 0. The Morgan fingerprint density at radius 3 is 2.38 bits per heavy atom. The van der Waals surface area contributed by atoms with Crippen molar-refractivity contribution in [1.82, 2.24) is 0 Å². The summed E-state index contributed by atoms with van der Waals surface area (Å²) in [4.78, 5) is 1.70. The molecule has 0 spiro atoms. The molecule has 21 heavy (non-hydrogen) atoms. The second-order valence-corrected chi connectivity index (χ2v) is 5.58. The zero-order valence-electron chi connectivity index (χ0n) is 12.5. The lowest BCUT2D eigenvalue weighted by Crippen LogP contribution is -2.29. The first-order chi connectivity index (χ1) is 9.70. The van der Waals surface area contributed by atoms with Crippen molar-refractivity contribution in [3.05, 3.63) is 29.3 Å². The minimum Gasteiger partial charge on any atom is -0.389 e. The van der Waals surface area contributed by atoms with E-state index in [1.165, 1.54) is 6.07 Å². The average molecular weight is 318 g/mol. The molecule has 1 atom stereocenters. The molecule has 1 rings (SSSR count). The van der Waals surface area contributed by atoms with Crippen molar-refractivity contribution < 1.29 is 13.2 Å². The molecule has 2 N–H and O–H groups in total. The molecular weight excluding hydrogens is 297 g/mol. The Morgan fingerprint density at radius 2 is 1.95 bits per heavy atom. The fraction of sp³-hybridized carbons (Fsp3) is 0.533. The van der Waals surface area contributed by atoms with Crippen LogP contribution in [0.4, 0.5) is 18.9 Å². The van der Waals surface area contributed by atoms with Crippen molar-refractivity contribution in [3.8, 4) is 0 Å². The quantitative estimate of drug-likeness (QED) is 0.797. The fourth-order valence-corrected chi connectivity index (χ4v) is 2.28. The van der Waals surface area contributed by atoms with Gasteiger partial charge in [0.2, 0.25) is 0 Å². The topological polar surface area (TPSA) is 29.3 Å². The number of alkyl halides is 3. The van der Waals surface area contributed by atoms with Crippen LogP contribution in [0.2, 0.25) is 0 Å². The van der Waals surface area contributed by atoms with Gasteiger partial charge in [-0.25, -0.2) is 0 Å². The predicted molar refractivity (Wildman–Crippen MR) is 84.7 cm³/mol. The lowest BCUT2D eigenvalue weighted by atomic mass is 10.0. The number of hydrogen-bond donors (Lipinski definition) is 1. The molecule has 118 valence electrons. The van der Waals surface area contributed by atoms with Crippen LogP contribution in [0.25, 0.3) is 0 Å². The molecule has 0 bridgehead atoms. The Labute approximate surface area is 129 Å². The largest absolute Gasteiger partial charge is 0.417 e. The van der Waals surface area contributed by atoms with Gasteiger partial charge >= 0.3 is 6.18 Å². The van der Waals surface area contributed by atoms with Gasteiger partial charge in [0.15, 0.2) is 0 Å². The molecule has 6 heteroatoms. The Bertz CT molecular complexity index is 500. The summed E-state index contributed by atoms with van der Waals surface area (Å²) in [5, 5.41) is 0. The molecule has 0 saturated heterocycles. The number of nitrogens with two attached hydrogens (primary N) is 1. The van der Waals surface area contributed by atoms with E-state index < -0.39 is 11.7 Å². The number of thiocarbonyl (C=S) groups is 1. The number of halogens is 3. The van der Waals surface area contributed by atoms with Crippen LogP contribution in [0, 0.1) is 5.92 Å². The summed E-state index contributed by atoms with van der Waals surface area (Å²) >= 11 is 4.71. The van der Waals surface area contributed by atoms with Crippen molar-refractivity contribution in [1.29, 1.82) is 0 Å². The van der Waals surface area contributed by atoms with Crippen LogP contribution in [-0.4, -0.2) is 18.1 Å². The molecule has 0 amide bonds. The lowest BCUT2D eigenvalue weighted by Gasteiger charge is -2.27. The highest BCUT2D eigenvalue weighted by Gasteiger charge is 2.34. The first kappa shape index (κ1) is 17.8. The maximum absolute atomic E-state index is 13.2. The summed E-state index contributed by atoms with van der Waals surface area (Å²) in [6.45, 7) is 7.44. The Morgan fingerprint density at radius 1 is 1.33 bits per heavy atom.